The van der Waals surface area contributed by atoms with Crippen LogP contribution in [0.5, 0.6) is 40.2 Å². The van der Waals surface area contributed by atoms with E-state index in [9.17, 15) is 4.79 Å². The van der Waals surface area contributed by atoms with Gasteiger partial charge >= 0.3 is 0 Å². The van der Waals surface area contributed by atoms with Crippen LogP contribution in [0.1, 0.15) is 11.3 Å². The molecule has 0 aliphatic heterocycles. The normalized spacial score (nSPS) is 11.0. The highest BCUT2D eigenvalue weighted by molar-refractivity contribution is 6.12. The number of methoxy groups -OCH3 is 7. The fourth-order valence-corrected chi connectivity index (χ4v) is 4.16. The molecule has 0 bridgehead atoms. The average molecular weight is 578 g/mol. The molecule has 0 amide bonds. The van der Waals surface area contributed by atoms with Crippen molar-refractivity contribution >= 4 is 11.4 Å². The molecule has 4 aromatic rings. The second-order valence-electron chi connectivity index (χ2n) is 8.44. The van der Waals surface area contributed by atoms with Crippen LogP contribution < -0.4 is 44.1 Å². The van der Waals surface area contributed by atoms with Crippen molar-refractivity contribution in [1.29, 1.82) is 0 Å². The molecule has 0 unspecified atom stereocenters. The molecule has 0 fully saturated rings. The second-order valence-corrected chi connectivity index (χ2v) is 8.44. The number of rotatable bonds is 12. The van der Waals surface area contributed by atoms with Gasteiger partial charge in [0, 0.05) is 11.1 Å². The summed E-state index contributed by atoms with van der Waals surface area (Å²) in [5.41, 5.74) is 3.97. The van der Waals surface area contributed by atoms with Crippen LogP contribution in [0.15, 0.2) is 58.4 Å². The van der Waals surface area contributed by atoms with Crippen molar-refractivity contribution in [2.45, 2.75) is 0 Å². The summed E-state index contributed by atoms with van der Waals surface area (Å²) in [5, 5.41) is 11.3. The fraction of sp³-hybridized carbons (Fsp3) is 0.241. The molecule has 4 rings (SSSR count). The second kappa shape index (κ2) is 13.3. The maximum Gasteiger partial charge on any atom is 0.292 e. The maximum atomic E-state index is 13.3. The Kier molecular flexibility index (Phi) is 9.32. The summed E-state index contributed by atoms with van der Waals surface area (Å²) in [6.07, 6.45) is 0. The molecule has 3 aromatic carbocycles. The van der Waals surface area contributed by atoms with Crippen LogP contribution in [-0.2, 0) is 0 Å². The van der Waals surface area contributed by atoms with Gasteiger partial charge in [-0.05, 0) is 36.4 Å². The van der Waals surface area contributed by atoms with E-state index in [2.05, 4.69) is 25.7 Å². The Morgan fingerprint density at radius 2 is 1.24 bits per heavy atom. The molecule has 2 N–H and O–H groups in total. The number of ether oxygens (including phenoxy) is 7. The number of anilines is 1. The van der Waals surface area contributed by atoms with E-state index in [4.69, 9.17) is 33.2 Å². The van der Waals surface area contributed by atoms with Crippen LogP contribution in [-0.4, -0.2) is 70.7 Å². The number of nitrogens with one attached hydrogen (secondary N) is 2. The zero-order chi connectivity index (χ0) is 30.2. The van der Waals surface area contributed by atoms with E-state index in [1.165, 1.54) is 42.7 Å². The van der Waals surface area contributed by atoms with Gasteiger partial charge in [-0.2, -0.15) is 10.2 Å². The van der Waals surface area contributed by atoms with Gasteiger partial charge in [-0.1, -0.05) is 12.1 Å². The summed E-state index contributed by atoms with van der Waals surface area (Å²) in [7, 11) is 10.5. The van der Waals surface area contributed by atoms with E-state index >= 15 is 0 Å². The predicted molar refractivity (Wildman–Crippen MR) is 156 cm³/mol. The van der Waals surface area contributed by atoms with E-state index in [0.717, 1.165) is 0 Å². The molecule has 1 aromatic heterocycles. The molecule has 0 saturated carbocycles. The van der Waals surface area contributed by atoms with Gasteiger partial charge in [0.2, 0.25) is 11.5 Å². The van der Waals surface area contributed by atoms with Gasteiger partial charge in [0.05, 0.1) is 55.5 Å². The van der Waals surface area contributed by atoms with Gasteiger partial charge in [-0.3, -0.25) is 10.2 Å². The van der Waals surface area contributed by atoms with E-state index in [1.54, 1.807) is 43.5 Å². The summed E-state index contributed by atoms with van der Waals surface area (Å²) in [6, 6.07) is 13.9. The van der Waals surface area contributed by atoms with Gasteiger partial charge in [-0.15, -0.1) is 0 Å². The Morgan fingerprint density at radius 1 is 0.714 bits per heavy atom. The lowest BCUT2D eigenvalue weighted by molar-refractivity contribution is 0.324. The summed E-state index contributed by atoms with van der Waals surface area (Å²) in [4.78, 5) is 17.9. The number of H-pyrrole nitrogens is 1. The quantitative estimate of drug-likeness (QED) is 0.187. The Labute approximate surface area is 242 Å². The summed E-state index contributed by atoms with van der Waals surface area (Å²) >= 11 is 0. The molecule has 1 heterocycles. The van der Waals surface area contributed by atoms with E-state index in [0.29, 0.717) is 57.1 Å². The molecular weight excluding hydrogens is 546 g/mol. The minimum Gasteiger partial charge on any atom is -0.495 e. The third-order valence-corrected chi connectivity index (χ3v) is 6.18. The highest BCUT2D eigenvalue weighted by atomic mass is 16.5. The first-order valence-electron chi connectivity index (χ1n) is 12.5. The average Bonchev–Trinajstić information content (AvgIpc) is 3.04. The standard InChI is InChI=1S/C29H31N5O8/c1-36-19-11-9-8-10-18(19)31-32-24(16-12-20(37-2)26(41-6)21(13-16)38-3)25-29(35)34-33-28(30-25)17-14-22(39-4)27(42-7)23(15-17)40-5/h8-15,31H,1-7H3,(H,34,35)/b32-24-. The molecule has 42 heavy (non-hydrogen) atoms. The largest absolute Gasteiger partial charge is 0.495 e. The first-order valence-corrected chi connectivity index (χ1v) is 12.5. The van der Waals surface area contributed by atoms with E-state index < -0.39 is 5.56 Å². The van der Waals surface area contributed by atoms with Gasteiger partial charge < -0.3 is 33.2 Å². The highest BCUT2D eigenvalue weighted by Gasteiger charge is 2.23. The lowest BCUT2D eigenvalue weighted by Gasteiger charge is -2.16. The number of hydrazone groups is 1. The number of benzene rings is 3. The van der Waals surface area contributed by atoms with Crippen LogP contribution in [0.25, 0.3) is 11.4 Å². The third-order valence-electron chi connectivity index (χ3n) is 6.18. The Bertz CT molecular complexity index is 1600. The van der Waals surface area contributed by atoms with Crippen LogP contribution in [0.3, 0.4) is 0 Å². The molecule has 0 aliphatic rings. The monoisotopic (exact) mass is 577 g/mol. The highest BCUT2D eigenvalue weighted by Crippen LogP contribution is 2.41. The Balaban J connectivity index is 1.96. The van der Waals surface area contributed by atoms with Gasteiger partial charge in [0.1, 0.15) is 11.5 Å². The van der Waals surface area contributed by atoms with Crippen LogP contribution in [0.2, 0.25) is 0 Å². The summed E-state index contributed by atoms with van der Waals surface area (Å²) in [5.74, 6) is 2.96. The topological polar surface area (TPSA) is 148 Å². The smallest absolute Gasteiger partial charge is 0.292 e. The number of hydrogen-bond acceptors (Lipinski definition) is 12. The Morgan fingerprint density at radius 3 is 1.76 bits per heavy atom. The van der Waals surface area contributed by atoms with Crippen molar-refractivity contribution in [1.82, 2.24) is 15.2 Å². The van der Waals surface area contributed by atoms with Crippen LogP contribution in [0, 0.1) is 0 Å². The first-order chi connectivity index (χ1) is 20.4. The molecule has 0 spiro atoms. The zero-order valence-corrected chi connectivity index (χ0v) is 24.2. The van der Waals surface area contributed by atoms with Crippen molar-refractivity contribution in [2.24, 2.45) is 5.10 Å². The van der Waals surface area contributed by atoms with Crippen molar-refractivity contribution < 1.29 is 33.2 Å². The lowest BCUT2D eigenvalue weighted by atomic mass is 10.1. The van der Waals surface area contributed by atoms with Crippen LogP contribution >= 0.6 is 0 Å². The number of aromatic nitrogens is 3. The number of hydrogen-bond donors (Lipinski definition) is 2. The van der Waals surface area contributed by atoms with Crippen molar-refractivity contribution in [3.05, 3.63) is 70.1 Å². The molecular formula is C29H31N5O8. The molecule has 0 aliphatic carbocycles. The summed E-state index contributed by atoms with van der Waals surface area (Å²) < 4.78 is 38.4. The number of para-hydroxylation sites is 2. The zero-order valence-electron chi connectivity index (χ0n) is 24.2. The Hall–Kier alpha value is -5.46. The maximum absolute atomic E-state index is 13.3. The van der Waals surface area contributed by atoms with Crippen molar-refractivity contribution in [2.75, 3.05) is 55.2 Å². The summed E-state index contributed by atoms with van der Waals surface area (Å²) in [6.45, 7) is 0. The molecule has 0 saturated heterocycles. The van der Waals surface area contributed by atoms with E-state index in [1.807, 2.05) is 12.1 Å². The van der Waals surface area contributed by atoms with Gasteiger partial charge in [0.15, 0.2) is 34.5 Å². The number of aromatic amines is 1. The molecule has 13 heteroatoms. The molecule has 0 atom stereocenters. The fourth-order valence-electron chi connectivity index (χ4n) is 4.16. The minimum atomic E-state index is -0.597. The van der Waals surface area contributed by atoms with E-state index in [-0.39, 0.29) is 17.2 Å². The predicted octanol–water partition coefficient (Wildman–Crippen LogP) is 3.76. The molecule has 0 radical (unpaired) electrons. The number of nitrogens with zero attached hydrogens (tertiary/aromatic N) is 3. The molecule has 13 nitrogen and oxygen atoms in total. The lowest BCUT2D eigenvalue weighted by Crippen LogP contribution is -2.24. The molecule has 220 valence electrons. The minimum absolute atomic E-state index is 0.0505. The van der Waals surface area contributed by atoms with Gasteiger partial charge in [0.25, 0.3) is 5.56 Å². The van der Waals surface area contributed by atoms with Crippen molar-refractivity contribution in [3.63, 3.8) is 0 Å². The first kappa shape index (κ1) is 29.5. The SMILES string of the molecule is COc1ccccc1N/N=C(/c1cc(OC)c(OC)c(OC)c1)c1nc(-c2cc(OC)c(OC)c(OC)c2)n[nH]c1=O. The van der Waals surface area contributed by atoms with Crippen LogP contribution in [0.4, 0.5) is 5.69 Å². The third kappa shape index (κ3) is 5.84. The van der Waals surface area contributed by atoms with Gasteiger partial charge in [-0.25, -0.2) is 10.1 Å². The van der Waals surface area contributed by atoms with Crippen molar-refractivity contribution in [3.8, 4) is 51.6 Å².